The van der Waals surface area contributed by atoms with Crippen LogP contribution in [0.2, 0.25) is 0 Å². The summed E-state index contributed by atoms with van der Waals surface area (Å²) in [5, 5.41) is 3.97. The molecule has 0 fully saturated rings. The zero-order chi connectivity index (χ0) is 16.7. The highest BCUT2D eigenvalue weighted by Gasteiger charge is 2.03. The van der Waals surface area contributed by atoms with E-state index >= 15 is 0 Å². The fourth-order valence-corrected chi connectivity index (χ4v) is 2.53. The van der Waals surface area contributed by atoms with Gasteiger partial charge in [-0.05, 0) is 51.8 Å². The van der Waals surface area contributed by atoms with Crippen LogP contribution in [0.3, 0.4) is 0 Å². The lowest BCUT2D eigenvalue weighted by molar-refractivity contribution is 0.132. The summed E-state index contributed by atoms with van der Waals surface area (Å²) < 4.78 is 16.5. The lowest BCUT2D eigenvalue weighted by atomic mass is 10.2. The summed E-state index contributed by atoms with van der Waals surface area (Å²) in [6, 6.07) is 11.3. The Morgan fingerprint density at radius 3 is 2.26 bits per heavy atom. The predicted molar refractivity (Wildman–Crippen MR) is 92.6 cm³/mol. The molecule has 2 rings (SSSR count). The third-order valence-corrected chi connectivity index (χ3v) is 3.75. The van der Waals surface area contributed by atoms with Gasteiger partial charge in [0.15, 0.2) is 11.5 Å². The first-order chi connectivity index (χ1) is 11.2. The second kappa shape index (κ2) is 8.43. The molecule has 5 nitrogen and oxygen atoms in total. The van der Waals surface area contributed by atoms with E-state index in [1.165, 1.54) is 0 Å². The van der Waals surface area contributed by atoms with Crippen molar-refractivity contribution in [3.05, 3.63) is 52.0 Å². The van der Waals surface area contributed by atoms with E-state index in [1.54, 1.807) is 27.5 Å². The van der Waals surface area contributed by atoms with Crippen LogP contribution in [0.4, 0.5) is 0 Å². The highest BCUT2D eigenvalue weighted by atomic mass is 79.9. The molecular weight excluding hydrogens is 362 g/mol. The van der Waals surface area contributed by atoms with Crippen LogP contribution >= 0.6 is 15.9 Å². The van der Waals surface area contributed by atoms with Crippen molar-refractivity contribution in [1.82, 2.24) is 0 Å². The lowest BCUT2D eigenvalue weighted by Crippen LogP contribution is -1.93. The van der Waals surface area contributed by atoms with E-state index in [2.05, 4.69) is 21.1 Å². The van der Waals surface area contributed by atoms with E-state index < -0.39 is 0 Å². The first-order valence-electron chi connectivity index (χ1n) is 6.87. The minimum Gasteiger partial charge on any atom is -0.496 e. The van der Waals surface area contributed by atoms with Gasteiger partial charge in [0, 0.05) is 5.56 Å². The molecule has 6 heteroatoms. The monoisotopic (exact) mass is 379 g/mol. The van der Waals surface area contributed by atoms with Crippen LogP contribution in [-0.2, 0) is 11.4 Å². The Labute approximate surface area is 143 Å². The van der Waals surface area contributed by atoms with Crippen LogP contribution in [0.25, 0.3) is 0 Å². The number of methoxy groups -OCH3 is 3. The Morgan fingerprint density at radius 2 is 1.61 bits per heavy atom. The molecule has 0 bridgehead atoms. The molecule has 0 aliphatic rings. The number of nitrogens with zero attached hydrogens (tertiary/aromatic N) is 1. The molecule has 0 spiro atoms. The van der Waals surface area contributed by atoms with Gasteiger partial charge in [-0.25, -0.2) is 0 Å². The summed E-state index contributed by atoms with van der Waals surface area (Å²) in [4.78, 5) is 5.32. The van der Waals surface area contributed by atoms with Crippen LogP contribution in [0.15, 0.2) is 46.0 Å². The topological polar surface area (TPSA) is 49.3 Å². The Kier molecular flexibility index (Phi) is 6.29. The summed E-state index contributed by atoms with van der Waals surface area (Å²) in [6.07, 6.45) is 1.63. The Hall–Kier alpha value is -2.21. The van der Waals surface area contributed by atoms with E-state index in [0.29, 0.717) is 18.1 Å². The molecule has 0 N–H and O–H groups in total. The van der Waals surface area contributed by atoms with Crippen molar-refractivity contribution in [2.45, 2.75) is 6.61 Å². The molecule has 0 aliphatic carbocycles. The quantitative estimate of drug-likeness (QED) is 0.538. The average molecular weight is 380 g/mol. The zero-order valence-electron chi connectivity index (χ0n) is 13.2. The van der Waals surface area contributed by atoms with Gasteiger partial charge in [-0.15, -0.1) is 0 Å². The molecule has 0 saturated heterocycles. The van der Waals surface area contributed by atoms with Gasteiger partial charge < -0.3 is 19.0 Å². The number of halogens is 1. The summed E-state index contributed by atoms with van der Waals surface area (Å²) in [7, 11) is 4.82. The van der Waals surface area contributed by atoms with Crippen LogP contribution in [0.1, 0.15) is 11.1 Å². The molecule has 0 aliphatic heterocycles. The Bertz CT molecular complexity index is 688. The molecule has 23 heavy (non-hydrogen) atoms. The molecular formula is C17H18BrNO4. The molecule has 2 aromatic rings. The van der Waals surface area contributed by atoms with E-state index in [4.69, 9.17) is 19.0 Å². The number of hydrogen-bond acceptors (Lipinski definition) is 5. The number of benzene rings is 2. The smallest absolute Gasteiger partial charge is 0.161 e. The van der Waals surface area contributed by atoms with E-state index in [-0.39, 0.29) is 0 Å². The molecule has 0 atom stereocenters. The summed E-state index contributed by atoms with van der Waals surface area (Å²) in [6.45, 7) is 0.367. The number of hydrogen-bond donors (Lipinski definition) is 0. The maximum absolute atomic E-state index is 5.32. The number of ether oxygens (including phenoxy) is 3. The maximum Gasteiger partial charge on any atom is 0.161 e. The molecule has 122 valence electrons. The van der Waals surface area contributed by atoms with E-state index in [0.717, 1.165) is 21.3 Å². The molecule has 0 heterocycles. The number of rotatable bonds is 7. The highest BCUT2D eigenvalue weighted by molar-refractivity contribution is 9.10. The maximum atomic E-state index is 5.32. The van der Waals surface area contributed by atoms with Gasteiger partial charge in [-0.2, -0.15) is 0 Å². The molecule has 0 saturated carbocycles. The molecule has 0 unspecified atom stereocenters. The number of oxime groups is 1. The third-order valence-electron chi connectivity index (χ3n) is 3.13. The minimum atomic E-state index is 0.367. The highest BCUT2D eigenvalue weighted by Crippen LogP contribution is 2.27. The van der Waals surface area contributed by atoms with Crippen LogP contribution in [0, 0.1) is 0 Å². The van der Waals surface area contributed by atoms with Gasteiger partial charge in [-0.1, -0.05) is 11.2 Å². The van der Waals surface area contributed by atoms with Gasteiger partial charge in [-0.3, -0.25) is 0 Å². The van der Waals surface area contributed by atoms with Gasteiger partial charge in [0.2, 0.25) is 0 Å². The first kappa shape index (κ1) is 17.1. The van der Waals surface area contributed by atoms with Crippen molar-refractivity contribution < 1.29 is 19.0 Å². The van der Waals surface area contributed by atoms with Crippen molar-refractivity contribution in [1.29, 1.82) is 0 Å². The summed E-state index contributed by atoms with van der Waals surface area (Å²) in [5.41, 5.74) is 1.85. The molecule has 0 amide bonds. The predicted octanol–water partition coefficient (Wildman–Crippen LogP) is 4.03. The standard InChI is InChI=1S/C17H18BrNO4/c1-20-15-6-5-13(8-14(15)18)11-23-19-10-12-4-7-16(21-2)17(9-12)22-3/h4-10H,11H2,1-3H3/b19-10-. The van der Waals surface area contributed by atoms with Gasteiger partial charge in [0.25, 0.3) is 0 Å². The summed E-state index contributed by atoms with van der Waals surface area (Å²) >= 11 is 3.44. The largest absolute Gasteiger partial charge is 0.496 e. The van der Waals surface area contributed by atoms with Crippen molar-refractivity contribution in [2.24, 2.45) is 5.16 Å². The van der Waals surface area contributed by atoms with Crippen molar-refractivity contribution >= 4 is 22.1 Å². The fraction of sp³-hybridized carbons (Fsp3) is 0.235. The van der Waals surface area contributed by atoms with Crippen molar-refractivity contribution in [2.75, 3.05) is 21.3 Å². The Morgan fingerprint density at radius 1 is 0.913 bits per heavy atom. The second-order valence-electron chi connectivity index (χ2n) is 4.59. The first-order valence-corrected chi connectivity index (χ1v) is 7.67. The van der Waals surface area contributed by atoms with E-state index in [1.807, 2.05) is 36.4 Å². The van der Waals surface area contributed by atoms with Crippen LogP contribution < -0.4 is 14.2 Å². The van der Waals surface area contributed by atoms with Gasteiger partial charge in [0.1, 0.15) is 12.4 Å². The lowest BCUT2D eigenvalue weighted by Gasteiger charge is -2.07. The minimum absolute atomic E-state index is 0.367. The van der Waals surface area contributed by atoms with E-state index in [9.17, 15) is 0 Å². The normalized spacial score (nSPS) is 10.6. The van der Waals surface area contributed by atoms with Gasteiger partial charge >= 0.3 is 0 Å². The summed E-state index contributed by atoms with van der Waals surface area (Å²) in [5.74, 6) is 2.10. The average Bonchev–Trinajstić information content (AvgIpc) is 2.58. The van der Waals surface area contributed by atoms with Crippen molar-refractivity contribution in [3.8, 4) is 17.2 Å². The molecule has 0 radical (unpaired) electrons. The van der Waals surface area contributed by atoms with Gasteiger partial charge in [0.05, 0.1) is 32.0 Å². The molecule has 0 aromatic heterocycles. The third kappa shape index (κ3) is 4.63. The fourth-order valence-electron chi connectivity index (χ4n) is 1.94. The Balaban J connectivity index is 1.95. The van der Waals surface area contributed by atoms with Crippen molar-refractivity contribution in [3.63, 3.8) is 0 Å². The second-order valence-corrected chi connectivity index (χ2v) is 5.45. The van der Waals surface area contributed by atoms with Crippen LogP contribution in [0.5, 0.6) is 17.2 Å². The van der Waals surface area contributed by atoms with Crippen LogP contribution in [-0.4, -0.2) is 27.5 Å². The molecule has 2 aromatic carbocycles. The SMILES string of the molecule is COc1ccc(CO/N=C\c2ccc(OC)c(OC)c2)cc1Br. The zero-order valence-corrected chi connectivity index (χ0v) is 14.8.